The van der Waals surface area contributed by atoms with Crippen molar-refractivity contribution in [2.45, 2.75) is 56.3 Å². The first kappa shape index (κ1) is 22.8. The number of nitrogens with one attached hydrogen (secondary N) is 1. The zero-order valence-electron chi connectivity index (χ0n) is 22.8. The Labute approximate surface area is 223 Å². The van der Waals surface area contributed by atoms with E-state index in [1.165, 1.54) is 12.2 Å². The minimum absolute atomic E-state index is 0.195. The van der Waals surface area contributed by atoms with Gasteiger partial charge in [0.1, 0.15) is 5.82 Å². The Morgan fingerprint density at radius 2 is 1.87 bits per heavy atom. The van der Waals surface area contributed by atoms with Crippen molar-refractivity contribution in [1.29, 1.82) is 0 Å². The number of rotatable bonds is 4. The van der Waals surface area contributed by atoms with Crippen LogP contribution in [0.1, 0.15) is 32.8 Å². The minimum atomic E-state index is -0.208. The van der Waals surface area contributed by atoms with Crippen LogP contribution in [0.15, 0.2) is 42.7 Å². The summed E-state index contributed by atoms with van der Waals surface area (Å²) in [6.45, 7) is 9.65. The SMILES string of the molecule is CN1C[C@@H]2C3[C@H]2N(c2ccc(Nc4ncc5c(n4)N(c4ccn(C)n4)[C@@H]4CC(C)(C)OC[C@]54C)cc2)C[C@@H]31. The van der Waals surface area contributed by atoms with Crippen LogP contribution in [0.5, 0.6) is 0 Å². The summed E-state index contributed by atoms with van der Waals surface area (Å²) in [4.78, 5) is 17.3. The Balaban J connectivity index is 1.08. The number of aryl methyl sites for hydroxylation is 1. The fraction of sp³-hybridized carbons (Fsp3) is 0.552. The maximum atomic E-state index is 6.31. The topological polar surface area (TPSA) is 74.6 Å². The van der Waals surface area contributed by atoms with Gasteiger partial charge in [0, 0.05) is 79.0 Å². The van der Waals surface area contributed by atoms with E-state index in [4.69, 9.17) is 19.8 Å². The number of likely N-dealkylation sites (tertiary alicyclic amines) is 1. The molecule has 0 spiro atoms. The van der Waals surface area contributed by atoms with Crippen LogP contribution in [0.25, 0.3) is 0 Å². The zero-order chi connectivity index (χ0) is 26.0. The number of piperidine rings is 2. The summed E-state index contributed by atoms with van der Waals surface area (Å²) < 4.78 is 8.16. The average molecular weight is 513 g/mol. The molecule has 1 aliphatic carbocycles. The minimum Gasteiger partial charge on any atom is -0.374 e. The van der Waals surface area contributed by atoms with E-state index < -0.39 is 0 Å². The van der Waals surface area contributed by atoms with E-state index in [0.717, 1.165) is 59.8 Å². The van der Waals surface area contributed by atoms with E-state index in [9.17, 15) is 0 Å². The number of fused-ring (bicyclic) bond motifs is 4. The first-order chi connectivity index (χ1) is 18.2. The molecule has 6 atom stereocenters. The summed E-state index contributed by atoms with van der Waals surface area (Å²) in [5.74, 6) is 4.17. The standard InChI is InChI=1S/C29H36N8O/c1-28(2)12-22-29(3,16-38-28)20-13-30-27(32-26(20)37(22)23-10-11-35(5)33-23)31-17-6-8-18(9-7-17)36-15-21-24-19(25(24)36)14-34(21)4/h6-11,13,19,21-22,24-25H,12,14-16H2,1-5H3,(H,30,31,32)/t19-,21+,22-,24?,25+,29-/m1/s1. The molecule has 0 bridgehead atoms. The van der Waals surface area contributed by atoms with Crippen molar-refractivity contribution in [2.75, 3.05) is 41.9 Å². The van der Waals surface area contributed by atoms with Crippen molar-refractivity contribution in [3.05, 3.63) is 48.3 Å². The molecule has 4 aliphatic heterocycles. The molecule has 1 aromatic carbocycles. The van der Waals surface area contributed by atoms with Crippen molar-refractivity contribution < 1.29 is 4.74 Å². The molecule has 3 saturated heterocycles. The van der Waals surface area contributed by atoms with Crippen LogP contribution in [0.4, 0.5) is 29.0 Å². The highest BCUT2D eigenvalue weighted by Crippen LogP contribution is 2.58. The van der Waals surface area contributed by atoms with E-state index in [1.54, 1.807) is 0 Å². The quantitative estimate of drug-likeness (QED) is 0.568. The molecule has 5 aliphatic rings. The van der Waals surface area contributed by atoms with Crippen molar-refractivity contribution >= 4 is 29.0 Å². The van der Waals surface area contributed by atoms with E-state index in [0.29, 0.717) is 12.6 Å². The molecule has 0 amide bonds. The molecule has 1 saturated carbocycles. The molecule has 6 heterocycles. The van der Waals surface area contributed by atoms with Crippen molar-refractivity contribution in [3.63, 3.8) is 0 Å². The smallest absolute Gasteiger partial charge is 0.229 e. The molecule has 4 fully saturated rings. The van der Waals surface area contributed by atoms with Crippen molar-refractivity contribution in [1.82, 2.24) is 24.6 Å². The monoisotopic (exact) mass is 512 g/mol. The number of aromatic nitrogens is 4. The second-order valence-electron chi connectivity index (χ2n) is 12.9. The van der Waals surface area contributed by atoms with Crippen LogP contribution >= 0.6 is 0 Å². The van der Waals surface area contributed by atoms with Gasteiger partial charge in [0.05, 0.1) is 18.2 Å². The van der Waals surface area contributed by atoms with Gasteiger partial charge in [0.25, 0.3) is 0 Å². The Bertz CT molecular complexity index is 1420. The molecular weight excluding hydrogens is 476 g/mol. The van der Waals surface area contributed by atoms with Gasteiger partial charge >= 0.3 is 0 Å². The van der Waals surface area contributed by atoms with Gasteiger partial charge in [-0.25, -0.2) is 4.98 Å². The summed E-state index contributed by atoms with van der Waals surface area (Å²) >= 11 is 0. The number of hydrogen-bond donors (Lipinski definition) is 1. The largest absolute Gasteiger partial charge is 0.374 e. The van der Waals surface area contributed by atoms with Gasteiger partial charge in [0.2, 0.25) is 5.95 Å². The molecule has 9 heteroatoms. The molecule has 3 aromatic rings. The van der Waals surface area contributed by atoms with Gasteiger partial charge in [-0.1, -0.05) is 6.92 Å². The lowest BCUT2D eigenvalue weighted by Crippen LogP contribution is -2.54. The average Bonchev–Trinajstić information content (AvgIpc) is 3.18. The van der Waals surface area contributed by atoms with Gasteiger partial charge in [-0.3, -0.25) is 4.68 Å². The summed E-state index contributed by atoms with van der Waals surface area (Å²) in [5.41, 5.74) is 3.03. The van der Waals surface area contributed by atoms with Gasteiger partial charge in [0.15, 0.2) is 5.82 Å². The lowest BCUT2D eigenvalue weighted by molar-refractivity contribution is -0.0893. The number of likely N-dealkylation sites (N-methyl/N-ethyl adjacent to an activating group) is 1. The van der Waals surface area contributed by atoms with E-state index in [-0.39, 0.29) is 17.1 Å². The van der Waals surface area contributed by atoms with Crippen LogP contribution in [-0.2, 0) is 17.2 Å². The number of ether oxygens (including phenoxy) is 1. The van der Waals surface area contributed by atoms with Crippen LogP contribution < -0.4 is 15.1 Å². The van der Waals surface area contributed by atoms with Crippen LogP contribution in [0.2, 0.25) is 0 Å². The van der Waals surface area contributed by atoms with E-state index in [2.05, 4.69) is 78.2 Å². The molecule has 1 unspecified atom stereocenters. The second-order valence-corrected chi connectivity index (χ2v) is 12.9. The molecule has 198 valence electrons. The number of nitrogens with zero attached hydrogens (tertiary/aromatic N) is 7. The first-order valence-corrected chi connectivity index (χ1v) is 13.9. The second kappa shape index (κ2) is 7.48. The third-order valence-electron chi connectivity index (χ3n) is 9.95. The predicted molar refractivity (Wildman–Crippen MR) is 147 cm³/mol. The lowest BCUT2D eigenvalue weighted by atomic mass is 9.73. The third kappa shape index (κ3) is 3.15. The molecular formula is C29H36N8O. The maximum Gasteiger partial charge on any atom is 0.229 e. The highest BCUT2D eigenvalue weighted by atomic mass is 16.5. The van der Waals surface area contributed by atoms with Crippen LogP contribution in [0, 0.1) is 11.8 Å². The molecule has 1 N–H and O–H groups in total. The number of hydrogen-bond acceptors (Lipinski definition) is 8. The first-order valence-electron chi connectivity index (χ1n) is 13.9. The molecule has 0 radical (unpaired) electrons. The Kier molecular flexibility index (Phi) is 4.48. The Morgan fingerprint density at radius 3 is 2.58 bits per heavy atom. The van der Waals surface area contributed by atoms with Crippen LogP contribution in [0.3, 0.4) is 0 Å². The van der Waals surface area contributed by atoms with Gasteiger partial charge < -0.3 is 24.8 Å². The molecule has 8 rings (SSSR count). The fourth-order valence-electron chi connectivity index (χ4n) is 7.84. The van der Waals surface area contributed by atoms with E-state index >= 15 is 0 Å². The number of benzene rings is 1. The fourth-order valence-corrected chi connectivity index (χ4v) is 7.84. The van der Waals surface area contributed by atoms with Gasteiger partial charge in [-0.05, 0) is 57.5 Å². The van der Waals surface area contributed by atoms with E-state index in [1.807, 2.05) is 24.1 Å². The third-order valence-corrected chi connectivity index (χ3v) is 9.95. The predicted octanol–water partition coefficient (Wildman–Crippen LogP) is 3.68. The zero-order valence-corrected chi connectivity index (χ0v) is 22.8. The molecule has 2 aromatic heterocycles. The summed E-state index contributed by atoms with van der Waals surface area (Å²) in [5, 5.41) is 8.23. The van der Waals surface area contributed by atoms with Gasteiger partial charge in [-0.2, -0.15) is 10.1 Å². The van der Waals surface area contributed by atoms with Gasteiger partial charge in [-0.15, -0.1) is 0 Å². The lowest BCUT2D eigenvalue weighted by Gasteiger charge is -2.46. The van der Waals surface area contributed by atoms with Crippen LogP contribution in [-0.4, -0.2) is 75.1 Å². The summed E-state index contributed by atoms with van der Waals surface area (Å²) in [6.07, 6.45) is 4.86. The van der Waals surface area contributed by atoms with Crippen molar-refractivity contribution in [2.24, 2.45) is 18.9 Å². The summed E-state index contributed by atoms with van der Waals surface area (Å²) in [7, 11) is 4.23. The Morgan fingerprint density at radius 1 is 1.05 bits per heavy atom. The number of anilines is 5. The highest BCUT2D eigenvalue weighted by Gasteiger charge is 2.67. The molecule has 9 nitrogen and oxygen atoms in total. The highest BCUT2D eigenvalue weighted by molar-refractivity contribution is 5.71. The van der Waals surface area contributed by atoms with Crippen molar-refractivity contribution in [3.8, 4) is 0 Å². The molecule has 38 heavy (non-hydrogen) atoms. The normalized spacial score (nSPS) is 34.3. The maximum absolute atomic E-state index is 6.31. The summed E-state index contributed by atoms with van der Waals surface area (Å²) in [6, 6.07) is 12.5. The Hall–Kier alpha value is -3.17.